The predicted molar refractivity (Wildman–Crippen MR) is 58.0 cm³/mol. The molecule has 0 aliphatic rings. The Morgan fingerprint density at radius 2 is 2.23 bits per heavy atom. The quantitative estimate of drug-likeness (QED) is 0.885. The van der Waals surface area contributed by atoms with Crippen molar-refractivity contribution in [3.8, 4) is 5.75 Å². The van der Waals surface area contributed by atoms with E-state index in [2.05, 4.69) is 15.9 Å². The fourth-order valence-corrected chi connectivity index (χ4v) is 1.80. The highest BCUT2D eigenvalue weighted by Gasteiger charge is 2.02. The summed E-state index contributed by atoms with van der Waals surface area (Å²) in [6.45, 7) is 2.00. The first-order valence-electron chi connectivity index (χ1n) is 4.21. The molecule has 1 atom stereocenters. The number of hydrogen-bond acceptors (Lipinski definition) is 2. The minimum Gasteiger partial charge on any atom is -0.496 e. The molecule has 0 saturated heterocycles. The first kappa shape index (κ1) is 10.5. The molecular weight excluding hydrogens is 230 g/mol. The summed E-state index contributed by atoms with van der Waals surface area (Å²) in [5.74, 6) is 0.855. The molecule has 0 amide bonds. The lowest BCUT2D eigenvalue weighted by atomic mass is 10.1. The van der Waals surface area contributed by atoms with Gasteiger partial charge >= 0.3 is 0 Å². The molecule has 3 heteroatoms. The number of methoxy groups -OCH3 is 1. The highest BCUT2D eigenvalue weighted by Crippen LogP contribution is 2.25. The Balaban J connectivity index is 2.83. The highest BCUT2D eigenvalue weighted by molar-refractivity contribution is 9.10. The Morgan fingerprint density at radius 1 is 1.54 bits per heavy atom. The number of halogens is 1. The average molecular weight is 244 g/mol. The summed E-state index contributed by atoms with van der Waals surface area (Å²) in [6.07, 6.45) is 0.891. The van der Waals surface area contributed by atoms with Gasteiger partial charge in [-0.3, -0.25) is 0 Å². The van der Waals surface area contributed by atoms with Crippen LogP contribution in [0.2, 0.25) is 0 Å². The smallest absolute Gasteiger partial charge is 0.133 e. The van der Waals surface area contributed by atoms with Gasteiger partial charge in [-0.15, -0.1) is 0 Å². The number of benzene rings is 1. The van der Waals surface area contributed by atoms with E-state index in [9.17, 15) is 0 Å². The van der Waals surface area contributed by atoms with Gasteiger partial charge in [0.1, 0.15) is 5.75 Å². The van der Waals surface area contributed by atoms with E-state index in [4.69, 9.17) is 10.5 Å². The van der Waals surface area contributed by atoms with Gasteiger partial charge in [0.25, 0.3) is 0 Å². The molecule has 2 N–H and O–H groups in total. The van der Waals surface area contributed by atoms with Gasteiger partial charge in [0.2, 0.25) is 0 Å². The van der Waals surface area contributed by atoms with Crippen molar-refractivity contribution in [2.24, 2.45) is 5.73 Å². The molecule has 0 heterocycles. The van der Waals surface area contributed by atoms with Crippen LogP contribution in [-0.4, -0.2) is 13.2 Å². The van der Waals surface area contributed by atoms with Crippen LogP contribution in [-0.2, 0) is 6.42 Å². The molecule has 0 saturated carbocycles. The van der Waals surface area contributed by atoms with Crippen molar-refractivity contribution in [3.63, 3.8) is 0 Å². The fourth-order valence-electron chi connectivity index (χ4n) is 1.21. The van der Waals surface area contributed by atoms with Crippen LogP contribution in [0.3, 0.4) is 0 Å². The largest absolute Gasteiger partial charge is 0.496 e. The van der Waals surface area contributed by atoms with Gasteiger partial charge in [0.05, 0.1) is 11.6 Å². The van der Waals surface area contributed by atoms with Crippen molar-refractivity contribution < 1.29 is 4.74 Å². The number of ether oxygens (including phenoxy) is 1. The molecule has 0 fully saturated rings. The molecule has 0 aliphatic heterocycles. The monoisotopic (exact) mass is 243 g/mol. The van der Waals surface area contributed by atoms with Crippen molar-refractivity contribution in [1.29, 1.82) is 0 Å². The van der Waals surface area contributed by atoms with Crippen LogP contribution in [0.15, 0.2) is 22.7 Å². The summed E-state index contributed by atoms with van der Waals surface area (Å²) in [4.78, 5) is 0. The van der Waals surface area contributed by atoms with Crippen LogP contribution in [0.5, 0.6) is 5.75 Å². The molecule has 0 aromatic heterocycles. The molecule has 0 spiro atoms. The lowest BCUT2D eigenvalue weighted by Gasteiger charge is -2.08. The van der Waals surface area contributed by atoms with E-state index in [1.807, 2.05) is 25.1 Å². The average Bonchev–Trinajstić information content (AvgIpc) is 2.03. The summed E-state index contributed by atoms with van der Waals surface area (Å²) < 4.78 is 6.11. The molecule has 1 aromatic carbocycles. The molecule has 1 aromatic rings. The number of hydrogen-bond donors (Lipinski definition) is 1. The van der Waals surface area contributed by atoms with Gasteiger partial charge in [-0.2, -0.15) is 0 Å². The molecule has 0 bridgehead atoms. The topological polar surface area (TPSA) is 35.2 Å². The highest BCUT2D eigenvalue weighted by atomic mass is 79.9. The van der Waals surface area contributed by atoms with Crippen molar-refractivity contribution in [3.05, 3.63) is 28.2 Å². The van der Waals surface area contributed by atoms with Gasteiger partial charge in [-0.05, 0) is 47.0 Å². The molecule has 2 nitrogen and oxygen atoms in total. The van der Waals surface area contributed by atoms with Crippen molar-refractivity contribution in [1.82, 2.24) is 0 Å². The molecular formula is C10H14BrNO. The van der Waals surface area contributed by atoms with Crippen molar-refractivity contribution in [2.75, 3.05) is 7.11 Å². The van der Waals surface area contributed by atoms with Gasteiger partial charge < -0.3 is 10.5 Å². The molecule has 1 rings (SSSR count). The second-order valence-electron chi connectivity index (χ2n) is 3.15. The van der Waals surface area contributed by atoms with E-state index in [1.54, 1.807) is 7.11 Å². The van der Waals surface area contributed by atoms with Crippen LogP contribution >= 0.6 is 15.9 Å². The van der Waals surface area contributed by atoms with Gasteiger partial charge in [0, 0.05) is 6.04 Å². The van der Waals surface area contributed by atoms with Crippen LogP contribution in [0, 0.1) is 0 Å². The zero-order valence-corrected chi connectivity index (χ0v) is 9.47. The Bertz CT molecular complexity index is 286. The maximum Gasteiger partial charge on any atom is 0.133 e. The maximum absolute atomic E-state index is 5.70. The second kappa shape index (κ2) is 4.63. The normalized spacial score (nSPS) is 12.6. The zero-order valence-electron chi connectivity index (χ0n) is 7.88. The Kier molecular flexibility index (Phi) is 3.75. The summed E-state index contributed by atoms with van der Waals surface area (Å²) in [5, 5.41) is 0. The Labute approximate surface area is 87.2 Å². The van der Waals surface area contributed by atoms with Crippen molar-refractivity contribution in [2.45, 2.75) is 19.4 Å². The van der Waals surface area contributed by atoms with E-state index >= 15 is 0 Å². The van der Waals surface area contributed by atoms with Crippen LogP contribution in [0.25, 0.3) is 0 Å². The van der Waals surface area contributed by atoms with Crippen LogP contribution in [0.1, 0.15) is 12.5 Å². The zero-order chi connectivity index (χ0) is 9.84. The first-order chi connectivity index (χ1) is 6.13. The minimum absolute atomic E-state index is 0.195. The summed E-state index contributed by atoms with van der Waals surface area (Å²) in [5.41, 5.74) is 6.92. The van der Waals surface area contributed by atoms with E-state index in [1.165, 1.54) is 5.56 Å². The standard InChI is InChI=1S/C10H14BrNO/c1-7(12)5-8-3-4-10(13-2)9(11)6-8/h3-4,6-7H,5,12H2,1-2H3/t7-/m1/s1. The van der Waals surface area contributed by atoms with E-state index < -0.39 is 0 Å². The maximum atomic E-state index is 5.70. The minimum atomic E-state index is 0.195. The molecule has 0 radical (unpaired) electrons. The van der Waals surface area contributed by atoms with Crippen LogP contribution in [0.4, 0.5) is 0 Å². The predicted octanol–water partition coefficient (Wildman–Crippen LogP) is 2.35. The van der Waals surface area contributed by atoms with Gasteiger partial charge in [0.15, 0.2) is 0 Å². The SMILES string of the molecule is COc1ccc(C[C@@H](C)N)cc1Br. The summed E-state index contributed by atoms with van der Waals surface area (Å²) in [7, 11) is 1.66. The van der Waals surface area contributed by atoms with E-state index in [0.717, 1.165) is 16.6 Å². The second-order valence-corrected chi connectivity index (χ2v) is 4.00. The number of rotatable bonds is 3. The molecule has 0 unspecified atom stereocenters. The Hall–Kier alpha value is -0.540. The molecule has 72 valence electrons. The van der Waals surface area contributed by atoms with Gasteiger partial charge in [-0.25, -0.2) is 0 Å². The summed E-state index contributed by atoms with van der Waals surface area (Å²) >= 11 is 3.43. The lowest BCUT2D eigenvalue weighted by Crippen LogP contribution is -2.17. The third kappa shape index (κ3) is 3.01. The van der Waals surface area contributed by atoms with Crippen LogP contribution < -0.4 is 10.5 Å². The Morgan fingerprint density at radius 3 is 2.69 bits per heavy atom. The van der Waals surface area contributed by atoms with E-state index in [0.29, 0.717) is 0 Å². The van der Waals surface area contributed by atoms with Crippen molar-refractivity contribution >= 4 is 15.9 Å². The van der Waals surface area contributed by atoms with E-state index in [-0.39, 0.29) is 6.04 Å². The fraction of sp³-hybridized carbons (Fsp3) is 0.400. The number of nitrogens with two attached hydrogens (primary N) is 1. The summed E-state index contributed by atoms with van der Waals surface area (Å²) in [6, 6.07) is 6.22. The lowest BCUT2D eigenvalue weighted by molar-refractivity contribution is 0.412. The first-order valence-corrected chi connectivity index (χ1v) is 5.00. The third-order valence-electron chi connectivity index (χ3n) is 1.77. The van der Waals surface area contributed by atoms with Gasteiger partial charge in [-0.1, -0.05) is 6.07 Å². The molecule has 13 heavy (non-hydrogen) atoms. The molecule has 0 aliphatic carbocycles. The third-order valence-corrected chi connectivity index (χ3v) is 2.39.